The Kier molecular flexibility index (Phi) is 8.25. The van der Waals surface area contributed by atoms with Crippen molar-refractivity contribution in [3.63, 3.8) is 0 Å². The van der Waals surface area contributed by atoms with E-state index < -0.39 is 0 Å². The minimum absolute atomic E-state index is 0.893. The van der Waals surface area contributed by atoms with Crippen molar-refractivity contribution in [3.05, 3.63) is 253 Å². The van der Waals surface area contributed by atoms with Crippen molar-refractivity contribution >= 4 is 87.4 Å². The molecule has 1 heterocycles. The van der Waals surface area contributed by atoms with Crippen LogP contribution < -0.4 is 0 Å². The van der Waals surface area contributed by atoms with Crippen LogP contribution in [-0.4, -0.2) is 11.4 Å². The van der Waals surface area contributed by atoms with Crippen LogP contribution in [0.2, 0.25) is 0 Å². The molecule has 0 aliphatic carbocycles. The van der Waals surface area contributed by atoms with Gasteiger partial charge in [-0.2, -0.15) is 0 Å². The number of hydrogen-bond acceptors (Lipinski definition) is 2. The molecule has 0 radical (unpaired) electrons. The molecular formula is C62H38N2. The third-order valence-corrected chi connectivity index (χ3v) is 13.1. The summed E-state index contributed by atoms with van der Waals surface area (Å²) in [6, 6.07) is 83.7. The monoisotopic (exact) mass is 810 g/mol. The van der Waals surface area contributed by atoms with E-state index in [0.717, 1.165) is 77.4 Å². The summed E-state index contributed by atoms with van der Waals surface area (Å²) < 4.78 is 0. The van der Waals surface area contributed by atoms with Crippen molar-refractivity contribution in [1.82, 2.24) is 0 Å². The first-order chi connectivity index (χ1) is 31.7. The molecule has 0 saturated heterocycles. The highest BCUT2D eigenvalue weighted by Crippen LogP contribution is 2.40. The zero-order valence-electron chi connectivity index (χ0n) is 34.8. The van der Waals surface area contributed by atoms with Crippen LogP contribution in [0.5, 0.6) is 0 Å². The molecule has 0 fully saturated rings. The maximum Gasteiger partial charge on any atom is 0.0803 e. The van der Waals surface area contributed by atoms with Crippen molar-refractivity contribution in [3.8, 4) is 22.3 Å². The summed E-state index contributed by atoms with van der Waals surface area (Å²) in [6.45, 7) is 0. The molecule has 0 N–H and O–H groups in total. The standard InChI is InChI=1S/C62H38N2/c1-3-15-43-37-59-57(35-41(43)13-1)61(51-29-25-45-31-49(27-23-47(45)33-51)55-21-9-17-39-11-5-7-19-53(39)55)64-60-38-44-16-4-2-14-42(44)36-58(60)62(63-59)52-30-26-46-32-50(28-24-48(46)34-52)56-22-10-18-40-12-6-8-20-54(40)56/h1-38H. The van der Waals surface area contributed by atoms with Crippen LogP contribution in [0.4, 0.5) is 11.4 Å². The van der Waals surface area contributed by atoms with Gasteiger partial charge in [0, 0.05) is 22.3 Å². The van der Waals surface area contributed by atoms with E-state index in [4.69, 9.17) is 9.98 Å². The molecule has 0 amide bonds. The zero-order chi connectivity index (χ0) is 42.1. The van der Waals surface area contributed by atoms with Gasteiger partial charge >= 0.3 is 0 Å². The molecule has 64 heavy (non-hydrogen) atoms. The summed E-state index contributed by atoms with van der Waals surface area (Å²) in [5.74, 6) is 0. The van der Waals surface area contributed by atoms with Crippen LogP contribution in [0.1, 0.15) is 22.3 Å². The smallest absolute Gasteiger partial charge is 0.0803 e. The van der Waals surface area contributed by atoms with Crippen LogP contribution >= 0.6 is 0 Å². The van der Waals surface area contributed by atoms with Gasteiger partial charge in [-0.15, -0.1) is 0 Å². The molecular weight excluding hydrogens is 773 g/mol. The first kappa shape index (κ1) is 36.2. The van der Waals surface area contributed by atoms with E-state index in [0.29, 0.717) is 0 Å². The first-order valence-corrected chi connectivity index (χ1v) is 22.0. The van der Waals surface area contributed by atoms with Crippen molar-refractivity contribution in [2.45, 2.75) is 0 Å². The van der Waals surface area contributed by atoms with Gasteiger partial charge < -0.3 is 0 Å². The molecule has 0 atom stereocenters. The lowest BCUT2D eigenvalue weighted by Gasteiger charge is -2.20. The Hall–Kier alpha value is -8.46. The Balaban J connectivity index is 0.988. The molecule has 1 aliphatic rings. The fraction of sp³-hybridized carbons (Fsp3) is 0. The van der Waals surface area contributed by atoms with Crippen molar-refractivity contribution < 1.29 is 0 Å². The normalized spacial score (nSPS) is 12.6. The third-order valence-electron chi connectivity index (χ3n) is 13.1. The van der Waals surface area contributed by atoms with E-state index in [9.17, 15) is 0 Å². The minimum Gasteiger partial charge on any atom is -0.247 e. The Morgan fingerprint density at radius 2 is 0.516 bits per heavy atom. The predicted octanol–water partition coefficient (Wildman–Crippen LogP) is 16.6. The molecule has 12 aromatic rings. The lowest BCUT2D eigenvalue weighted by molar-refractivity contribution is 1.41. The van der Waals surface area contributed by atoms with E-state index in [-0.39, 0.29) is 0 Å². The van der Waals surface area contributed by atoms with Crippen LogP contribution in [0.25, 0.3) is 86.9 Å². The summed E-state index contributed by atoms with van der Waals surface area (Å²) in [5, 5.41) is 14.3. The molecule has 0 bridgehead atoms. The molecule has 13 rings (SSSR count). The SMILES string of the molecule is c1ccc2cc3c(cc2c1)N=C(c1ccc2cc(-c4cccc5ccccc45)ccc2c1)c1cc2ccccc2cc1N=C3c1ccc2cc(-c3cccc4ccccc34)ccc2c1. The van der Waals surface area contributed by atoms with Gasteiger partial charge in [-0.3, -0.25) is 0 Å². The van der Waals surface area contributed by atoms with Gasteiger partial charge in [0.05, 0.1) is 22.8 Å². The molecule has 0 aromatic heterocycles. The minimum atomic E-state index is 0.893. The lowest BCUT2D eigenvalue weighted by Crippen LogP contribution is -2.10. The van der Waals surface area contributed by atoms with Gasteiger partial charge in [0.25, 0.3) is 0 Å². The van der Waals surface area contributed by atoms with E-state index in [1.54, 1.807) is 0 Å². The fourth-order valence-corrected chi connectivity index (χ4v) is 9.90. The van der Waals surface area contributed by atoms with Gasteiger partial charge in [-0.1, -0.05) is 182 Å². The molecule has 0 unspecified atom stereocenters. The summed E-state index contributed by atoms with van der Waals surface area (Å²) in [6.07, 6.45) is 0. The number of nitrogens with zero attached hydrogens (tertiary/aromatic N) is 2. The number of fused-ring (bicyclic) bond motifs is 8. The lowest BCUT2D eigenvalue weighted by atomic mass is 9.91. The average molecular weight is 811 g/mol. The largest absolute Gasteiger partial charge is 0.247 e. The number of benzene rings is 12. The molecule has 296 valence electrons. The number of hydrogen-bond donors (Lipinski definition) is 0. The zero-order valence-corrected chi connectivity index (χ0v) is 34.8. The van der Waals surface area contributed by atoms with Crippen LogP contribution in [-0.2, 0) is 0 Å². The van der Waals surface area contributed by atoms with Gasteiger partial charge in [-0.25, -0.2) is 9.98 Å². The summed E-state index contributed by atoms with van der Waals surface area (Å²) >= 11 is 0. The summed E-state index contributed by atoms with van der Waals surface area (Å²) in [5.41, 5.74) is 12.6. The maximum atomic E-state index is 5.72. The number of rotatable bonds is 4. The maximum absolute atomic E-state index is 5.72. The third kappa shape index (κ3) is 6.11. The van der Waals surface area contributed by atoms with Crippen LogP contribution in [0.3, 0.4) is 0 Å². The Morgan fingerprint density at radius 3 is 0.938 bits per heavy atom. The molecule has 2 nitrogen and oxygen atoms in total. The van der Waals surface area contributed by atoms with Crippen molar-refractivity contribution in [1.29, 1.82) is 0 Å². The van der Waals surface area contributed by atoms with Gasteiger partial charge in [-0.05, 0) is 135 Å². The van der Waals surface area contributed by atoms with Gasteiger partial charge in [0.15, 0.2) is 0 Å². The van der Waals surface area contributed by atoms with Gasteiger partial charge in [0.1, 0.15) is 0 Å². The van der Waals surface area contributed by atoms with Crippen molar-refractivity contribution in [2.75, 3.05) is 0 Å². The molecule has 1 aliphatic heterocycles. The van der Waals surface area contributed by atoms with Crippen LogP contribution in [0.15, 0.2) is 241 Å². The van der Waals surface area contributed by atoms with Gasteiger partial charge in [0.2, 0.25) is 0 Å². The van der Waals surface area contributed by atoms with E-state index in [1.165, 1.54) is 54.6 Å². The van der Waals surface area contributed by atoms with E-state index >= 15 is 0 Å². The Bertz CT molecular complexity index is 3690. The number of aliphatic imine (C=N–C) groups is 2. The summed E-state index contributed by atoms with van der Waals surface area (Å²) in [7, 11) is 0. The topological polar surface area (TPSA) is 24.7 Å². The first-order valence-electron chi connectivity index (χ1n) is 22.0. The quantitative estimate of drug-likeness (QED) is 0.169. The van der Waals surface area contributed by atoms with E-state index in [2.05, 4.69) is 231 Å². The second-order valence-corrected chi connectivity index (χ2v) is 17.0. The molecule has 0 saturated carbocycles. The Labute approximate surface area is 370 Å². The molecule has 2 heteroatoms. The second kappa shape index (κ2) is 14.6. The predicted molar refractivity (Wildman–Crippen MR) is 272 cm³/mol. The second-order valence-electron chi connectivity index (χ2n) is 17.0. The fourth-order valence-electron chi connectivity index (χ4n) is 9.90. The average Bonchev–Trinajstić information content (AvgIpc) is 3.35. The van der Waals surface area contributed by atoms with Crippen molar-refractivity contribution in [2.24, 2.45) is 9.98 Å². The Morgan fingerprint density at radius 1 is 0.203 bits per heavy atom. The summed E-state index contributed by atoms with van der Waals surface area (Å²) in [4.78, 5) is 11.4. The van der Waals surface area contributed by atoms with Crippen LogP contribution in [0, 0.1) is 0 Å². The highest BCUT2D eigenvalue weighted by Gasteiger charge is 2.23. The highest BCUT2D eigenvalue weighted by molar-refractivity contribution is 6.25. The van der Waals surface area contributed by atoms with E-state index in [1.807, 2.05) is 0 Å². The highest BCUT2D eigenvalue weighted by atomic mass is 14.8. The molecule has 12 aromatic carbocycles. The molecule has 0 spiro atoms.